The molecular weight excluding hydrogens is 348 g/mol. The van der Waals surface area contributed by atoms with Gasteiger partial charge in [0.25, 0.3) is 0 Å². The van der Waals surface area contributed by atoms with Crippen LogP contribution in [-0.4, -0.2) is 29.4 Å². The number of nitrogens with zero attached hydrogens (tertiary/aromatic N) is 6. The maximum absolute atomic E-state index is 6.26. The lowest BCUT2D eigenvalue weighted by Crippen LogP contribution is -1.99. The molecule has 0 radical (unpaired) electrons. The van der Waals surface area contributed by atoms with E-state index in [4.69, 9.17) is 11.6 Å². The number of halogens is 1. The highest BCUT2D eigenvalue weighted by Crippen LogP contribution is 2.24. The molecule has 0 bridgehead atoms. The predicted octanol–water partition coefficient (Wildman–Crippen LogP) is 4.09. The summed E-state index contributed by atoms with van der Waals surface area (Å²) in [6, 6.07) is 15.7. The highest BCUT2D eigenvalue weighted by atomic mass is 35.5. The van der Waals surface area contributed by atoms with E-state index in [0.717, 1.165) is 27.8 Å². The molecule has 126 valence electrons. The van der Waals surface area contributed by atoms with Gasteiger partial charge in [0.15, 0.2) is 17.1 Å². The Morgan fingerprint density at radius 1 is 1.00 bits per heavy atom. The van der Waals surface area contributed by atoms with Crippen LogP contribution in [0.4, 0.5) is 0 Å². The van der Waals surface area contributed by atoms with Crippen molar-refractivity contribution in [3.63, 3.8) is 0 Å². The van der Waals surface area contributed by atoms with Gasteiger partial charge in [0.05, 0.1) is 17.3 Å². The van der Waals surface area contributed by atoms with Crippen molar-refractivity contribution in [2.24, 2.45) is 0 Å². The van der Waals surface area contributed by atoms with E-state index in [1.54, 1.807) is 21.7 Å². The molecule has 0 amide bonds. The molecule has 5 aromatic rings. The first-order valence-electron chi connectivity index (χ1n) is 8.12. The second kappa shape index (κ2) is 5.64. The van der Waals surface area contributed by atoms with Crippen LogP contribution in [0.3, 0.4) is 0 Å². The first-order chi connectivity index (χ1) is 12.7. The molecule has 0 aliphatic carbocycles. The van der Waals surface area contributed by atoms with Crippen molar-refractivity contribution in [1.29, 1.82) is 0 Å². The van der Waals surface area contributed by atoms with E-state index in [2.05, 4.69) is 20.2 Å². The van der Waals surface area contributed by atoms with Crippen molar-refractivity contribution < 1.29 is 0 Å². The number of aromatic nitrogens is 6. The summed E-state index contributed by atoms with van der Waals surface area (Å²) in [7, 11) is 0. The molecule has 0 saturated heterocycles. The summed E-state index contributed by atoms with van der Waals surface area (Å²) >= 11 is 6.26. The van der Waals surface area contributed by atoms with Crippen molar-refractivity contribution in [2.75, 3.05) is 0 Å². The van der Waals surface area contributed by atoms with Gasteiger partial charge in [-0.15, -0.1) is 5.10 Å². The molecule has 6 nitrogen and oxygen atoms in total. The van der Waals surface area contributed by atoms with Gasteiger partial charge in [-0.25, -0.2) is 19.2 Å². The normalized spacial score (nSPS) is 11.5. The van der Waals surface area contributed by atoms with Crippen LogP contribution in [0.2, 0.25) is 5.02 Å². The predicted molar refractivity (Wildman–Crippen MR) is 101 cm³/mol. The van der Waals surface area contributed by atoms with Gasteiger partial charge in [-0.1, -0.05) is 48.0 Å². The highest BCUT2D eigenvalue weighted by Gasteiger charge is 2.14. The van der Waals surface area contributed by atoms with E-state index < -0.39 is 0 Å². The number of aryl methyl sites for hydroxylation is 1. The molecule has 0 fully saturated rings. The van der Waals surface area contributed by atoms with Crippen LogP contribution < -0.4 is 0 Å². The zero-order valence-electron chi connectivity index (χ0n) is 13.8. The van der Waals surface area contributed by atoms with E-state index in [1.807, 2.05) is 55.5 Å². The number of rotatable bonds is 2. The lowest BCUT2D eigenvalue weighted by Gasteiger charge is -2.05. The number of benzene rings is 2. The zero-order chi connectivity index (χ0) is 17.7. The third-order valence-electron chi connectivity index (χ3n) is 4.34. The first-order valence-corrected chi connectivity index (χ1v) is 8.49. The number of hydrogen-bond acceptors (Lipinski definition) is 4. The minimum Gasteiger partial charge on any atom is -0.216 e. The lowest BCUT2D eigenvalue weighted by molar-refractivity contribution is 0.882. The van der Waals surface area contributed by atoms with Crippen LogP contribution in [0.15, 0.2) is 61.1 Å². The maximum Gasteiger partial charge on any atom is 0.182 e. The Kier molecular flexibility index (Phi) is 3.26. The molecule has 26 heavy (non-hydrogen) atoms. The van der Waals surface area contributed by atoms with Gasteiger partial charge in [-0.3, -0.25) is 0 Å². The summed E-state index contributed by atoms with van der Waals surface area (Å²) in [5, 5.41) is 10.5. The summed E-state index contributed by atoms with van der Waals surface area (Å²) in [5.74, 6) is 0.658. The molecule has 3 aromatic heterocycles. The van der Waals surface area contributed by atoms with Crippen LogP contribution in [0, 0.1) is 6.92 Å². The largest absolute Gasteiger partial charge is 0.216 e. The summed E-state index contributed by atoms with van der Waals surface area (Å²) in [5.41, 5.74) is 4.27. The van der Waals surface area contributed by atoms with Crippen LogP contribution in [-0.2, 0) is 0 Å². The smallest absolute Gasteiger partial charge is 0.182 e. The van der Waals surface area contributed by atoms with Crippen molar-refractivity contribution >= 4 is 28.3 Å². The first kappa shape index (κ1) is 15.0. The monoisotopic (exact) mass is 360 g/mol. The zero-order valence-corrected chi connectivity index (χ0v) is 14.6. The maximum atomic E-state index is 6.26. The average molecular weight is 361 g/mol. The van der Waals surface area contributed by atoms with Crippen molar-refractivity contribution in [3.8, 4) is 17.1 Å². The van der Waals surface area contributed by atoms with Gasteiger partial charge >= 0.3 is 0 Å². The fourth-order valence-electron chi connectivity index (χ4n) is 2.93. The van der Waals surface area contributed by atoms with E-state index >= 15 is 0 Å². The summed E-state index contributed by atoms with van der Waals surface area (Å²) in [6.07, 6.45) is 3.42. The molecule has 2 aromatic carbocycles. The molecule has 0 unspecified atom stereocenters. The highest BCUT2D eigenvalue weighted by molar-refractivity contribution is 6.31. The summed E-state index contributed by atoms with van der Waals surface area (Å²) in [6.45, 7) is 1.97. The Balaban J connectivity index is 1.71. The molecular formula is C19H13ClN6. The summed E-state index contributed by atoms with van der Waals surface area (Å²) in [4.78, 5) is 9.20. The van der Waals surface area contributed by atoms with E-state index in [9.17, 15) is 0 Å². The van der Waals surface area contributed by atoms with E-state index in [0.29, 0.717) is 16.5 Å². The second-order valence-electron chi connectivity index (χ2n) is 6.04. The van der Waals surface area contributed by atoms with Gasteiger partial charge in [0.1, 0.15) is 6.33 Å². The Morgan fingerprint density at radius 2 is 1.85 bits per heavy atom. The SMILES string of the molecule is Cc1ccc(-n2ncc3c2ncn2nc(-c4ccccc4)nc32)cc1Cl. The average Bonchev–Trinajstić information content (AvgIpc) is 3.28. The minimum atomic E-state index is 0.658. The van der Waals surface area contributed by atoms with E-state index in [-0.39, 0.29) is 0 Å². The van der Waals surface area contributed by atoms with Crippen LogP contribution in [0.25, 0.3) is 33.8 Å². The standard InChI is InChI=1S/C19H13ClN6/c1-12-7-8-14(9-16(12)20)26-18-15(10-22-26)19-23-17(24-25(19)11-21-18)13-5-3-2-4-6-13/h2-11H,1H3. The fourth-order valence-corrected chi connectivity index (χ4v) is 3.11. The quantitative estimate of drug-likeness (QED) is 0.475. The molecule has 3 heterocycles. The fraction of sp³-hybridized carbons (Fsp3) is 0.0526. The molecule has 0 atom stereocenters. The Hall–Kier alpha value is -3.25. The molecule has 0 aliphatic heterocycles. The molecule has 0 spiro atoms. The minimum absolute atomic E-state index is 0.658. The van der Waals surface area contributed by atoms with Crippen molar-refractivity contribution in [2.45, 2.75) is 6.92 Å². The third kappa shape index (κ3) is 2.27. The molecule has 7 heteroatoms. The van der Waals surface area contributed by atoms with Gasteiger partial charge in [0, 0.05) is 10.6 Å². The lowest BCUT2D eigenvalue weighted by atomic mass is 10.2. The molecule has 5 rings (SSSR count). The second-order valence-corrected chi connectivity index (χ2v) is 6.45. The number of hydrogen-bond donors (Lipinski definition) is 0. The van der Waals surface area contributed by atoms with Crippen LogP contribution in [0.5, 0.6) is 0 Å². The molecule has 0 aliphatic rings. The number of fused-ring (bicyclic) bond motifs is 3. The Bertz CT molecular complexity index is 1260. The van der Waals surface area contributed by atoms with Crippen LogP contribution >= 0.6 is 11.6 Å². The van der Waals surface area contributed by atoms with Gasteiger partial charge in [-0.05, 0) is 24.6 Å². The van der Waals surface area contributed by atoms with Crippen molar-refractivity contribution in [3.05, 3.63) is 71.6 Å². The van der Waals surface area contributed by atoms with Gasteiger partial charge in [-0.2, -0.15) is 5.10 Å². The summed E-state index contributed by atoms with van der Waals surface area (Å²) < 4.78 is 3.44. The van der Waals surface area contributed by atoms with Crippen LogP contribution in [0.1, 0.15) is 5.56 Å². The Labute approximate surface area is 153 Å². The molecule has 0 N–H and O–H groups in total. The van der Waals surface area contributed by atoms with Gasteiger partial charge in [0.2, 0.25) is 0 Å². The topological polar surface area (TPSA) is 60.9 Å². The van der Waals surface area contributed by atoms with E-state index in [1.165, 1.54) is 0 Å². The Morgan fingerprint density at radius 3 is 2.65 bits per heavy atom. The third-order valence-corrected chi connectivity index (χ3v) is 4.74. The van der Waals surface area contributed by atoms with Gasteiger partial charge < -0.3 is 0 Å². The molecule has 0 saturated carbocycles. The van der Waals surface area contributed by atoms with Crippen molar-refractivity contribution in [1.82, 2.24) is 29.4 Å².